The molecule has 0 bridgehead atoms. The number of rotatable bonds is 1. The minimum absolute atomic E-state index is 0.149. The standard InChI is InChI=1S/C14H20O/c1-4-11-10(2)7-8-12-13(15)6-5-9-14(11,12)3/h4,7,11-12H,1,5-6,8-9H2,2-3H3/t11-,12+,14-/m1/s1. The third-order valence-corrected chi connectivity index (χ3v) is 4.44. The molecule has 0 spiro atoms. The van der Waals surface area contributed by atoms with Crippen LogP contribution in [0.15, 0.2) is 24.3 Å². The van der Waals surface area contributed by atoms with Gasteiger partial charge in [0.1, 0.15) is 5.78 Å². The van der Waals surface area contributed by atoms with Crippen molar-refractivity contribution in [2.45, 2.75) is 39.5 Å². The van der Waals surface area contributed by atoms with E-state index in [9.17, 15) is 4.79 Å². The summed E-state index contributed by atoms with van der Waals surface area (Å²) in [5, 5.41) is 0. The van der Waals surface area contributed by atoms with Crippen molar-refractivity contribution in [2.24, 2.45) is 17.3 Å². The third-order valence-electron chi connectivity index (χ3n) is 4.44. The minimum atomic E-state index is 0.149. The number of carbonyl (C=O) groups excluding carboxylic acids is 1. The highest BCUT2D eigenvalue weighted by Gasteiger charge is 2.47. The van der Waals surface area contributed by atoms with Gasteiger partial charge in [-0.05, 0) is 31.6 Å². The monoisotopic (exact) mass is 204 g/mol. The molecular formula is C14H20O. The molecule has 3 atom stereocenters. The van der Waals surface area contributed by atoms with E-state index in [0.29, 0.717) is 11.7 Å². The van der Waals surface area contributed by atoms with E-state index in [4.69, 9.17) is 0 Å². The maximum atomic E-state index is 11.9. The molecule has 1 heteroatoms. The molecule has 0 aromatic carbocycles. The van der Waals surface area contributed by atoms with Crippen LogP contribution in [-0.2, 0) is 4.79 Å². The predicted octanol–water partition coefficient (Wildman–Crippen LogP) is 3.51. The zero-order chi connectivity index (χ0) is 11.1. The quantitative estimate of drug-likeness (QED) is 0.597. The van der Waals surface area contributed by atoms with E-state index in [1.807, 2.05) is 6.08 Å². The van der Waals surface area contributed by atoms with E-state index in [2.05, 4.69) is 26.5 Å². The van der Waals surface area contributed by atoms with Crippen molar-refractivity contribution in [3.8, 4) is 0 Å². The van der Waals surface area contributed by atoms with Gasteiger partial charge in [0.15, 0.2) is 0 Å². The number of allylic oxidation sites excluding steroid dienone is 3. The lowest BCUT2D eigenvalue weighted by molar-refractivity contribution is -0.131. The zero-order valence-electron chi connectivity index (χ0n) is 9.75. The maximum Gasteiger partial charge on any atom is 0.136 e. The number of carbonyl (C=O) groups is 1. The molecule has 15 heavy (non-hydrogen) atoms. The number of Topliss-reactive ketones (excluding diaryl/α,β-unsaturated/α-hetero) is 1. The Hall–Kier alpha value is -0.850. The fourth-order valence-electron chi connectivity index (χ4n) is 3.54. The van der Waals surface area contributed by atoms with Crippen LogP contribution in [0.25, 0.3) is 0 Å². The van der Waals surface area contributed by atoms with Gasteiger partial charge in [-0.3, -0.25) is 4.79 Å². The van der Waals surface area contributed by atoms with Crippen LogP contribution < -0.4 is 0 Å². The van der Waals surface area contributed by atoms with Crippen LogP contribution in [0.2, 0.25) is 0 Å². The molecule has 1 nitrogen and oxygen atoms in total. The fraction of sp³-hybridized carbons (Fsp3) is 0.643. The summed E-state index contributed by atoms with van der Waals surface area (Å²) in [7, 11) is 0. The van der Waals surface area contributed by atoms with Crippen LogP contribution in [0.5, 0.6) is 0 Å². The summed E-state index contributed by atoms with van der Waals surface area (Å²) >= 11 is 0. The first-order valence-corrected chi connectivity index (χ1v) is 5.91. The lowest BCUT2D eigenvalue weighted by Gasteiger charge is -2.48. The van der Waals surface area contributed by atoms with Crippen molar-refractivity contribution in [3.63, 3.8) is 0 Å². The summed E-state index contributed by atoms with van der Waals surface area (Å²) in [5.41, 5.74) is 1.55. The molecule has 0 amide bonds. The molecule has 0 aliphatic heterocycles. The van der Waals surface area contributed by atoms with Crippen molar-refractivity contribution >= 4 is 5.78 Å². The van der Waals surface area contributed by atoms with Crippen LogP contribution in [-0.4, -0.2) is 5.78 Å². The molecule has 2 aliphatic carbocycles. The second-order valence-corrected chi connectivity index (χ2v) is 5.28. The summed E-state index contributed by atoms with van der Waals surface area (Å²) < 4.78 is 0. The molecule has 0 saturated heterocycles. The Morgan fingerprint density at radius 2 is 2.33 bits per heavy atom. The van der Waals surface area contributed by atoms with Gasteiger partial charge in [-0.25, -0.2) is 0 Å². The second-order valence-electron chi connectivity index (χ2n) is 5.28. The molecule has 2 rings (SSSR count). The average molecular weight is 204 g/mol. The van der Waals surface area contributed by atoms with Gasteiger partial charge < -0.3 is 0 Å². The van der Waals surface area contributed by atoms with Crippen molar-refractivity contribution in [3.05, 3.63) is 24.3 Å². The Morgan fingerprint density at radius 3 is 3.00 bits per heavy atom. The summed E-state index contributed by atoms with van der Waals surface area (Å²) in [6.07, 6.45) is 8.25. The molecule has 0 aromatic heterocycles. The van der Waals surface area contributed by atoms with Gasteiger partial charge in [0.05, 0.1) is 0 Å². The Kier molecular flexibility index (Phi) is 2.57. The normalized spacial score (nSPS) is 40.7. The summed E-state index contributed by atoms with van der Waals surface area (Å²) in [6, 6.07) is 0. The highest BCUT2D eigenvalue weighted by atomic mass is 16.1. The summed E-state index contributed by atoms with van der Waals surface area (Å²) in [5.74, 6) is 1.12. The van der Waals surface area contributed by atoms with Crippen molar-refractivity contribution in [2.75, 3.05) is 0 Å². The van der Waals surface area contributed by atoms with Crippen LogP contribution >= 0.6 is 0 Å². The van der Waals surface area contributed by atoms with E-state index >= 15 is 0 Å². The summed E-state index contributed by atoms with van der Waals surface area (Å²) in [4.78, 5) is 11.9. The molecule has 82 valence electrons. The molecule has 0 N–H and O–H groups in total. The highest BCUT2D eigenvalue weighted by molar-refractivity contribution is 5.83. The molecule has 1 saturated carbocycles. The number of hydrogen-bond donors (Lipinski definition) is 0. The van der Waals surface area contributed by atoms with Gasteiger partial charge >= 0.3 is 0 Å². The number of hydrogen-bond acceptors (Lipinski definition) is 1. The van der Waals surface area contributed by atoms with E-state index in [1.54, 1.807) is 0 Å². The number of fused-ring (bicyclic) bond motifs is 1. The molecule has 2 aliphatic rings. The minimum Gasteiger partial charge on any atom is -0.299 e. The Bertz CT molecular complexity index is 326. The van der Waals surface area contributed by atoms with Gasteiger partial charge in [-0.1, -0.05) is 24.6 Å². The maximum absolute atomic E-state index is 11.9. The van der Waals surface area contributed by atoms with Gasteiger partial charge in [-0.2, -0.15) is 0 Å². The molecule has 0 aromatic rings. The second kappa shape index (κ2) is 3.62. The van der Waals surface area contributed by atoms with E-state index in [1.165, 1.54) is 12.0 Å². The Labute approximate surface area is 92.3 Å². The average Bonchev–Trinajstić information content (AvgIpc) is 2.17. The lowest BCUT2D eigenvalue weighted by atomic mass is 9.55. The molecule has 1 fully saturated rings. The first-order chi connectivity index (χ1) is 7.09. The van der Waals surface area contributed by atoms with Gasteiger partial charge in [0.2, 0.25) is 0 Å². The first kappa shape index (κ1) is 10.7. The molecule has 0 unspecified atom stereocenters. The van der Waals surface area contributed by atoms with Crippen LogP contribution in [0.4, 0.5) is 0 Å². The van der Waals surface area contributed by atoms with Gasteiger partial charge in [0.25, 0.3) is 0 Å². The number of ketones is 1. The SMILES string of the molecule is C=C[C@@H]1C(C)=CC[C@H]2C(=O)CCC[C@]12C. The highest BCUT2D eigenvalue weighted by Crippen LogP contribution is 2.52. The largest absolute Gasteiger partial charge is 0.299 e. The van der Waals surface area contributed by atoms with Crippen molar-refractivity contribution in [1.82, 2.24) is 0 Å². The first-order valence-electron chi connectivity index (χ1n) is 5.91. The van der Waals surface area contributed by atoms with Gasteiger partial charge in [0, 0.05) is 18.3 Å². The van der Waals surface area contributed by atoms with Crippen LogP contribution in [0, 0.1) is 17.3 Å². The summed E-state index contributed by atoms with van der Waals surface area (Å²) in [6.45, 7) is 8.39. The lowest BCUT2D eigenvalue weighted by Crippen LogP contribution is -2.44. The topological polar surface area (TPSA) is 17.1 Å². The van der Waals surface area contributed by atoms with E-state index < -0.39 is 0 Å². The zero-order valence-corrected chi connectivity index (χ0v) is 9.75. The van der Waals surface area contributed by atoms with Crippen LogP contribution in [0.1, 0.15) is 39.5 Å². The molecule has 0 radical (unpaired) electrons. The third kappa shape index (κ3) is 1.49. The Morgan fingerprint density at radius 1 is 1.60 bits per heavy atom. The van der Waals surface area contributed by atoms with Gasteiger partial charge in [-0.15, -0.1) is 6.58 Å². The van der Waals surface area contributed by atoms with E-state index in [-0.39, 0.29) is 11.3 Å². The Balaban J connectivity index is 2.40. The van der Waals surface area contributed by atoms with Crippen LogP contribution in [0.3, 0.4) is 0 Å². The van der Waals surface area contributed by atoms with Crippen molar-refractivity contribution < 1.29 is 4.79 Å². The molecule has 0 heterocycles. The fourth-order valence-corrected chi connectivity index (χ4v) is 3.54. The van der Waals surface area contributed by atoms with E-state index in [0.717, 1.165) is 19.3 Å². The van der Waals surface area contributed by atoms with Crippen molar-refractivity contribution in [1.29, 1.82) is 0 Å². The predicted molar refractivity (Wildman–Crippen MR) is 62.5 cm³/mol. The molecular weight excluding hydrogens is 184 g/mol. The smallest absolute Gasteiger partial charge is 0.136 e.